The molecule has 0 unspecified atom stereocenters. The average Bonchev–Trinajstić information content (AvgIpc) is 3.07. The summed E-state index contributed by atoms with van der Waals surface area (Å²) in [6.45, 7) is 3.63. The Balaban J connectivity index is 2.03. The Morgan fingerprint density at radius 2 is 1.86 bits per heavy atom. The van der Waals surface area contributed by atoms with Gasteiger partial charge in [0, 0.05) is 4.88 Å². The maximum atomic E-state index is 10.3. The number of benzene rings is 1. The van der Waals surface area contributed by atoms with Gasteiger partial charge in [0.2, 0.25) is 0 Å². The van der Waals surface area contributed by atoms with E-state index in [-0.39, 0.29) is 0 Å². The first-order valence-corrected chi connectivity index (χ1v) is 7.79. The first kappa shape index (κ1) is 14.1. The fourth-order valence-electron chi connectivity index (χ4n) is 2.29. The van der Waals surface area contributed by atoms with Crippen molar-refractivity contribution < 1.29 is 9.52 Å². The van der Waals surface area contributed by atoms with E-state index in [1.807, 2.05) is 44.2 Å². The van der Waals surface area contributed by atoms with Crippen LogP contribution < -0.4 is 0 Å². The van der Waals surface area contributed by atoms with Gasteiger partial charge in [0.25, 0.3) is 0 Å². The molecular formula is C18H18O2S. The summed E-state index contributed by atoms with van der Waals surface area (Å²) in [5.74, 6) is 0.862. The summed E-state index contributed by atoms with van der Waals surface area (Å²) in [4.78, 5) is 2.06. The van der Waals surface area contributed by atoms with Crippen LogP contribution >= 0.6 is 11.3 Å². The highest BCUT2D eigenvalue weighted by Crippen LogP contribution is 2.38. The molecule has 0 radical (unpaired) electrons. The molecule has 0 atom stereocenters. The molecule has 0 amide bonds. The smallest absolute Gasteiger partial charge is 0.144 e. The maximum Gasteiger partial charge on any atom is 0.144 e. The summed E-state index contributed by atoms with van der Waals surface area (Å²) in [6.07, 6.45) is 2.52. The van der Waals surface area contributed by atoms with Crippen LogP contribution in [0.4, 0.5) is 0 Å². The van der Waals surface area contributed by atoms with Crippen molar-refractivity contribution in [3.05, 3.63) is 70.8 Å². The molecule has 3 rings (SSSR count). The van der Waals surface area contributed by atoms with Crippen LogP contribution in [0.3, 0.4) is 0 Å². The lowest BCUT2D eigenvalue weighted by atomic mass is 10.0. The SMILES string of the molecule is CC(C)(O)c1cc(Cc2ccccc2)c(-c2ccco2)s1. The minimum atomic E-state index is -0.832. The van der Waals surface area contributed by atoms with Gasteiger partial charge >= 0.3 is 0 Å². The van der Waals surface area contributed by atoms with E-state index < -0.39 is 5.60 Å². The summed E-state index contributed by atoms with van der Waals surface area (Å²) in [5, 5.41) is 10.3. The topological polar surface area (TPSA) is 33.4 Å². The lowest BCUT2D eigenvalue weighted by molar-refractivity contribution is 0.0825. The van der Waals surface area contributed by atoms with E-state index in [0.717, 1.165) is 21.9 Å². The fourth-order valence-corrected chi connectivity index (χ4v) is 3.44. The quantitative estimate of drug-likeness (QED) is 0.748. The van der Waals surface area contributed by atoms with Gasteiger partial charge in [-0.1, -0.05) is 30.3 Å². The minimum Gasteiger partial charge on any atom is -0.464 e. The second-order valence-corrected chi connectivity index (χ2v) is 6.72. The van der Waals surface area contributed by atoms with Crippen molar-refractivity contribution in [3.63, 3.8) is 0 Å². The van der Waals surface area contributed by atoms with E-state index in [1.54, 1.807) is 17.6 Å². The summed E-state index contributed by atoms with van der Waals surface area (Å²) < 4.78 is 5.55. The van der Waals surface area contributed by atoms with Crippen LogP contribution in [-0.2, 0) is 12.0 Å². The molecule has 0 fully saturated rings. The zero-order chi connectivity index (χ0) is 14.9. The molecule has 0 saturated heterocycles. The van der Waals surface area contributed by atoms with Crippen molar-refractivity contribution in [3.8, 4) is 10.6 Å². The Hall–Kier alpha value is -1.84. The van der Waals surface area contributed by atoms with Gasteiger partial charge < -0.3 is 9.52 Å². The predicted molar refractivity (Wildman–Crippen MR) is 86.5 cm³/mol. The normalized spacial score (nSPS) is 11.8. The van der Waals surface area contributed by atoms with Crippen LogP contribution in [0.1, 0.15) is 29.9 Å². The minimum absolute atomic E-state index is 0.832. The van der Waals surface area contributed by atoms with Crippen LogP contribution in [0, 0.1) is 0 Å². The largest absolute Gasteiger partial charge is 0.464 e. The van der Waals surface area contributed by atoms with Crippen molar-refractivity contribution >= 4 is 11.3 Å². The highest BCUT2D eigenvalue weighted by Gasteiger charge is 2.23. The van der Waals surface area contributed by atoms with E-state index in [0.29, 0.717) is 0 Å². The van der Waals surface area contributed by atoms with Gasteiger partial charge in [0.15, 0.2) is 0 Å². The third-order valence-corrected chi connectivity index (χ3v) is 4.90. The number of rotatable bonds is 4. The molecule has 2 nitrogen and oxygen atoms in total. The van der Waals surface area contributed by atoms with E-state index in [4.69, 9.17) is 4.42 Å². The summed E-state index contributed by atoms with van der Waals surface area (Å²) in [6, 6.07) is 16.3. The molecule has 3 aromatic rings. The van der Waals surface area contributed by atoms with E-state index >= 15 is 0 Å². The van der Waals surface area contributed by atoms with Crippen molar-refractivity contribution in [1.82, 2.24) is 0 Å². The lowest BCUT2D eigenvalue weighted by Gasteiger charge is -2.13. The number of hydrogen-bond donors (Lipinski definition) is 1. The van der Waals surface area contributed by atoms with Gasteiger partial charge in [0.05, 0.1) is 16.7 Å². The Morgan fingerprint density at radius 3 is 2.48 bits per heavy atom. The molecule has 0 bridgehead atoms. The van der Waals surface area contributed by atoms with Gasteiger partial charge in [0.1, 0.15) is 5.76 Å². The summed E-state index contributed by atoms with van der Waals surface area (Å²) >= 11 is 1.60. The summed E-state index contributed by atoms with van der Waals surface area (Å²) in [5.41, 5.74) is 1.62. The fraction of sp³-hybridized carbons (Fsp3) is 0.222. The molecule has 0 aliphatic carbocycles. The predicted octanol–water partition coefficient (Wildman–Crippen LogP) is 4.83. The Labute approximate surface area is 128 Å². The molecule has 0 aliphatic heterocycles. The molecule has 0 spiro atoms. The van der Waals surface area contributed by atoms with Gasteiger partial charge in [-0.15, -0.1) is 11.3 Å². The van der Waals surface area contributed by atoms with Crippen molar-refractivity contribution in [2.24, 2.45) is 0 Å². The first-order chi connectivity index (χ1) is 10.0. The second kappa shape index (κ2) is 5.51. The molecule has 0 saturated carbocycles. The Bertz CT molecular complexity index is 704. The van der Waals surface area contributed by atoms with E-state index in [2.05, 4.69) is 18.2 Å². The van der Waals surface area contributed by atoms with Gasteiger partial charge in [-0.05, 0) is 49.6 Å². The Morgan fingerprint density at radius 1 is 1.10 bits per heavy atom. The van der Waals surface area contributed by atoms with Crippen LogP contribution in [0.15, 0.2) is 59.2 Å². The molecular weight excluding hydrogens is 280 g/mol. The standard InChI is InChI=1S/C18H18O2S/c1-18(2,19)16-12-14(11-13-7-4-3-5-8-13)17(21-16)15-9-6-10-20-15/h3-10,12,19H,11H2,1-2H3. The first-order valence-electron chi connectivity index (χ1n) is 6.97. The van der Waals surface area contributed by atoms with Gasteiger partial charge in [-0.3, -0.25) is 0 Å². The molecule has 1 aromatic carbocycles. The van der Waals surface area contributed by atoms with Crippen LogP contribution in [0.25, 0.3) is 10.6 Å². The zero-order valence-corrected chi connectivity index (χ0v) is 13.0. The molecule has 2 aromatic heterocycles. The lowest BCUT2D eigenvalue weighted by Crippen LogP contribution is -2.12. The molecule has 108 valence electrons. The molecule has 2 heterocycles. The maximum absolute atomic E-state index is 10.3. The number of thiophene rings is 1. The number of hydrogen-bond acceptors (Lipinski definition) is 3. The Kier molecular flexibility index (Phi) is 3.70. The van der Waals surface area contributed by atoms with Crippen molar-refractivity contribution in [2.45, 2.75) is 25.9 Å². The highest BCUT2D eigenvalue weighted by molar-refractivity contribution is 7.15. The third kappa shape index (κ3) is 3.09. The van der Waals surface area contributed by atoms with Crippen molar-refractivity contribution in [1.29, 1.82) is 0 Å². The summed E-state index contributed by atoms with van der Waals surface area (Å²) in [7, 11) is 0. The molecule has 21 heavy (non-hydrogen) atoms. The van der Waals surface area contributed by atoms with Gasteiger partial charge in [-0.25, -0.2) is 0 Å². The van der Waals surface area contributed by atoms with E-state index in [1.165, 1.54) is 11.1 Å². The zero-order valence-electron chi connectivity index (χ0n) is 12.2. The third-order valence-electron chi connectivity index (χ3n) is 3.39. The molecule has 3 heteroatoms. The second-order valence-electron chi connectivity index (χ2n) is 5.66. The number of furan rings is 1. The highest BCUT2D eigenvalue weighted by atomic mass is 32.1. The van der Waals surface area contributed by atoms with Crippen LogP contribution in [-0.4, -0.2) is 5.11 Å². The monoisotopic (exact) mass is 298 g/mol. The average molecular weight is 298 g/mol. The van der Waals surface area contributed by atoms with Gasteiger partial charge in [-0.2, -0.15) is 0 Å². The molecule has 1 N–H and O–H groups in total. The molecule has 0 aliphatic rings. The number of aliphatic hydroxyl groups is 1. The van der Waals surface area contributed by atoms with Crippen molar-refractivity contribution in [2.75, 3.05) is 0 Å². The van der Waals surface area contributed by atoms with Crippen LogP contribution in [0.2, 0.25) is 0 Å². The van der Waals surface area contributed by atoms with Crippen LogP contribution in [0.5, 0.6) is 0 Å². The van der Waals surface area contributed by atoms with E-state index in [9.17, 15) is 5.11 Å².